The van der Waals surface area contributed by atoms with E-state index in [0.717, 1.165) is 6.42 Å². The maximum Gasteiger partial charge on any atom is 0.107 e. The van der Waals surface area contributed by atoms with E-state index < -0.39 is 0 Å². The molecule has 0 aromatic rings. The molecule has 2 radical (unpaired) electrons. The normalized spacial score (nSPS) is 20.0. The molecule has 0 aliphatic carbocycles. The van der Waals surface area contributed by atoms with Gasteiger partial charge in [0.15, 0.2) is 0 Å². The minimum atomic E-state index is 0.833. The van der Waals surface area contributed by atoms with Gasteiger partial charge in [-0.25, -0.2) is 0 Å². The van der Waals surface area contributed by atoms with Gasteiger partial charge in [-0.2, -0.15) is 0 Å². The van der Waals surface area contributed by atoms with Crippen molar-refractivity contribution in [2.24, 2.45) is 0 Å². The van der Waals surface area contributed by atoms with E-state index in [1.54, 1.807) is 6.26 Å². The first kappa shape index (κ1) is 3.68. The molecule has 0 saturated carbocycles. The summed E-state index contributed by atoms with van der Waals surface area (Å²) in [5.74, 6) is 0. The summed E-state index contributed by atoms with van der Waals surface area (Å²) in [6.07, 6.45) is 4.30. The van der Waals surface area contributed by atoms with Crippen molar-refractivity contribution < 1.29 is 4.84 Å². The quantitative estimate of drug-likeness (QED) is 0.459. The highest BCUT2D eigenvalue weighted by Crippen LogP contribution is 1.90. The fourth-order valence-corrected chi connectivity index (χ4v) is 0.273. The maximum absolute atomic E-state index is 4.53. The third kappa shape index (κ3) is 0.723. The molecule has 0 saturated heterocycles. The molecule has 1 N–H and O–H groups in total. The van der Waals surface area contributed by atoms with E-state index in [4.69, 9.17) is 0 Å². The van der Waals surface area contributed by atoms with E-state index in [2.05, 4.69) is 16.9 Å². The molecule has 0 aromatic heterocycles. The van der Waals surface area contributed by atoms with Crippen LogP contribution in [-0.2, 0) is 4.84 Å². The molecule has 0 fully saturated rings. The SMILES string of the molecule is [C]1CC=CON1. The van der Waals surface area contributed by atoms with Crippen molar-refractivity contribution in [3.05, 3.63) is 18.9 Å². The predicted octanol–water partition coefficient (Wildman–Crippen LogP) is 0.464. The van der Waals surface area contributed by atoms with Gasteiger partial charge in [0.05, 0.1) is 0 Å². The third-order valence-electron chi connectivity index (χ3n) is 0.515. The van der Waals surface area contributed by atoms with Gasteiger partial charge < -0.3 is 4.84 Å². The van der Waals surface area contributed by atoms with Crippen LogP contribution in [0.4, 0.5) is 0 Å². The number of hydrogen-bond acceptors (Lipinski definition) is 2. The van der Waals surface area contributed by atoms with Gasteiger partial charge >= 0.3 is 0 Å². The molecule has 1 aliphatic heterocycles. The monoisotopic (exact) mass is 83.0 g/mol. The highest BCUT2D eigenvalue weighted by atomic mass is 16.6. The topological polar surface area (TPSA) is 21.3 Å². The summed E-state index contributed by atoms with van der Waals surface area (Å²) in [5, 5.41) is 0. The lowest BCUT2D eigenvalue weighted by atomic mass is 10.4. The summed E-state index contributed by atoms with van der Waals surface area (Å²) in [6, 6.07) is 0. The van der Waals surface area contributed by atoms with Crippen LogP contribution in [0.2, 0.25) is 0 Å². The lowest BCUT2D eigenvalue weighted by Crippen LogP contribution is -2.08. The maximum atomic E-state index is 4.53. The molecule has 2 nitrogen and oxygen atoms in total. The standard InChI is InChI=1S/C4H5NO/c1-2-4-6-5-3-1/h2,4-5H,1H2. The zero-order valence-corrected chi connectivity index (χ0v) is 3.27. The Balaban J connectivity index is 2.26. The van der Waals surface area contributed by atoms with Crippen molar-refractivity contribution in [3.8, 4) is 0 Å². The minimum absolute atomic E-state index is 0.833. The van der Waals surface area contributed by atoms with Crippen LogP contribution in [0.1, 0.15) is 6.42 Å². The zero-order valence-electron chi connectivity index (χ0n) is 3.27. The van der Waals surface area contributed by atoms with Crippen molar-refractivity contribution >= 4 is 0 Å². The fourth-order valence-electron chi connectivity index (χ4n) is 0.273. The van der Waals surface area contributed by atoms with E-state index in [9.17, 15) is 0 Å². The number of hydroxylamine groups is 1. The predicted molar refractivity (Wildman–Crippen MR) is 21.2 cm³/mol. The van der Waals surface area contributed by atoms with Crippen LogP contribution in [0.3, 0.4) is 0 Å². The Morgan fingerprint density at radius 2 is 2.83 bits per heavy atom. The van der Waals surface area contributed by atoms with Crippen LogP contribution < -0.4 is 5.48 Å². The van der Waals surface area contributed by atoms with Gasteiger partial charge in [-0.05, 0) is 12.5 Å². The molecule has 0 unspecified atom stereocenters. The van der Waals surface area contributed by atoms with E-state index in [-0.39, 0.29) is 0 Å². The largest absolute Gasteiger partial charge is 0.416 e. The summed E-state index contributed by atoms with van der Waals surface area (Å²) < 4.78 is 0. The summed E-state index contributed by atoms with van der Waals surface area (Å²) in [6.45, 7) is 2.73. The smallest absolute Gasteiger partial charge is 0.107 e. The Kier molecular flexibility index (Phi) is 1.12. The van der Waals surface area contributed by atoms with Crippen LogP contribution >= 0.6 is 0 Å². The van der Waals surface area contributed by atoms with Gasteiger partial charge in [0, 0.05) is 0 Å². The van der Waals surface area contributed by atoms with Crippen LogP contribution in [0, 0.1) is 6.54 Å². The van der Waals surface area contributed by atoms with Crippen molar-refractivity contribution in [2.45, 2.75) is 6.42 Å². The minimum Gasteiger partial charge on any atom is -0.416 e. The molecule has 0 bridgehead atoms. The van der Waals surface area contributed by atoms with Crippen LogP contribution in [0.5, 0.6) is 0 Å². The second-order valence-corrected chi connectivity index (χ2v) is 0.973. The Morgan fingerprint density at radius 3 is 3.00 bits per heavy atom. The average Bonchev–Trinajstić information content (AvgIpc) is 1.72. The molecule has 0 atom stereocenters. The highest BCUT2D eigenvalue weighted by molar-refractivity contribution is 4.82. The Labute approximate surface area is 36.8 Å². The Bertz CT molecular complexity index is 52.6. The van der Waals surface area contributed by atoms with Gasteiger partial charge in [0.2, 0.25) is 0 Å². The third-order valence-corrected chi connectivity index (χ3v) is 0.515. The first-order chi connectivity index (χ1) is 3.00. The molecule has 32 valence electrons. The molecule has 6 heavy (non-hydrogen) atoms. The molecule has 0 amide bonds. The van der Waals surface area contributed by atoms with Gasteiger partial charge in [0.1, 0.15) is 12.8 Å². The molecule has 0 aromatic carbocycles. The fraction of sp³-hybridized carbons (Fsp3) is 0.250. The van der Waals surface area contributed by atoms with E-state index in [0.29, 0.717) is 0 Å². The first-order valence-corrected chi connectivity index (χ1v) is 1.78. The second-order valence-electron chi connectivity index (χ2n) is 0.973. The van der Waals surface area contributed by atoms with Crippen LogP contribution in [0.25, 0.3) is 0 Å². The van der Waals surface area contributed by atoms with Crippen molar-refractivity contribution in [1.82, 2.24) is 5.48 Å². The molecular formula is C4H5NO. The van der Waals surface area contributed by atoms with Crippen molar-refractivity contribution in [3.63, 3.8) is 0 Å². The molecule has 1 heterocycles. The average molecular weight is 83.1 g/mol. The zero-order chi connectivity index (χ0) is 4.24. The molecule has 2 heteroatoms. The number of rotatable bonds is 0. The van der Waals surface area contributed by atoms with E-state index >= 15 is 0 Å². The summed E-state index contributed by atoms with van der Waals surface area (Å²) in [4.78, 5) is 4.53. The summed E-state index contributed by atoms with van der Waals surface area (Å²) >= 11 is 0. The van der Waals surface area contributed by atoms with Gasteiger partial charge in [-0.15, -0.1) is 5.48 Å². The highest BCUT2D eigenvalue weighted by Gasteiger charge is 1.86. The summed E-state index contributed by atoms with van der Waals surface area (Å²) in [7, 11) is 0. The van der Waals surface area contributed by atoms with E-state index in [1.807, 2.05) is 6.08 Å². The van der Waals surface area contributed by atoms with Crippen LogP contribution in [-0.4, -0.2) is 0 Å². The van der Waals surface area contributed by atoms with Gasteiger partial charge in [-0.3, -0.25) is 0 Å². The lowest BCUT2D eigenvalue weighted by Gasteiger charge is -2.01. The van der Waals surface area contributed by atoms with Gasteiger partial charge in [-0.1, -0.05) is 0 Å². The summed E-state index contributed by atoms with van der Waals surface area (Å²) in [5.41, 5.74) is 2.45. The lowest BCUT2D eigenvalue weighted by molar-refractivity contribution is 0.148. The van der Waals surface area contributed by atoms with Crippen LogP contribution in [0.15, 0.2) is 12.3 Å². The molecule has 1 rings (SSSR count). The Hall–Kier alpha value is -0.500. The number of nitrogens with one attached hydrogen (secondary N) is 1. The molecule has 0 spiro atoms. The second kappa shape index (κ2) is 1.82. The molecular weight excluding hydrogens is 78.0 g/mol. The number of hydrogen-bond donors (Lipinski definition) is 1. The van der Waals surface area contributed by atoms with Gasteiger partial charge in [0.25, 0.3) is 0 Å². The van der Waals surface area contributed by atoms with E-state index in [1.165, 1.54) is 0 Å². The van der Waals surface area contributed by atoms with Crippen molar-refractivity contribution in [2.75, 3.05) is 0 Å². The first-order valence-electron chi connectivity index (χ1n) is 1.78. The molecule has 1 aliphatic rings. The Morgan fingerprint density at radius 1 is 1.83 bits per heavy atom. The van der Waals surface area contributed by atoms with Crippen molar-refractivity contribution in [1.29, 1.82) is 0 Å².